The first-order valence-corrected chi connectivity index (χ1v) is 12.9. The Morgan fingerprint density at radius 1 is 1.14 bits per heavy atom. The topological polar surface area (TPSA) is 79.0 Å². The van der Waals surface area contributed by atoms with E-state index >= 15 is 0 Å². The Morgan fingerprint density at radius 2 is 1.91 bits per heavy atom. The minimum Gasteiger partial charge on any atom is -0.442 e. The van der Waals surface area contributed by atoms with Crippen LogP contribution in [0.15, 0.2) is 42.5 Å². The van der Waals surface area contributed by atoms with Crippen molar-refractivity contribution in [2.45, 2.75) is 39.1 Å². The summed E-state index contributed by atoms with van der Waals surface area (Å²) in [6, 6.07) is 12.9. The van der Waals surface area contributed by atoms with Crippen LogP contribution in [0.3, 0.4) is 0 Å². The highest BCUT2D eigenvalue weighted by atomic mass is 32.2. The SMILES string of the molecule is Cc1ccc(C(=O)CCC(=O)NCC2CN(c3ccccc3N3CCSC[C@@H]3F)C(=O)O2)c(C)c1. The standard InChI is InChI=1S/C26H30FN3O4S/c1-17-7-8-20(18(2)13-17)23(31)9-10-25(32)28-14-19-15-30(26(33)34-19)22-6-4-3-5-21(22)29-11-12-35-16-24(29)27/h3-8,13,19,24H,9-12,14-16H2,1-2H3,(H,28,32)/t19?,24-/m1/s1. The number of amides is 2. The number of para-hydroxylation sites is 2. The van der Waals surface area contributed by atoms with Gasteiger partial charge in [-0.25, -0.2) is 9.18 Å². The number of nitrogens with zero attached hydrogens (tertiary/aromatic N) is 2. The van der Waals surface area contributed by atoms with E-state index < -0.39 is 18.5 Å². The van der Waals surface area contributed by atoms with E-state index in [0.29, 0.717) is 29.2 Å². The molecule has 2 atom stereocenters. The summed E-state index contributed by atoms with van der Waals surface area (Å²) in [5.74, 6) is 0.860. The molecular weight excluding hydrogens is 469 g/mol. The van der Waals surface area contributed by atoms with Gasteiger partial charge in [0.1, 0.15) is 6.10 Å². The van der Waals surface area contributed by atoms with Crippen molar-refractivity contribution in [2.75, 3.05) is 40.9 Å². The lowest BCUT2D eigenvalue weighted by atomic mass is 9.99. The molecule has 2 aliphatic heterocycles. The summed E-state index contributed by atoms with van der Waals surface area (Å²) >= 11 is 1.57. The molecule has 1 N–H and O–H groups in total. The molecule has 2 fully saturated rings. The van der Waals surface area contributed by atoms with E-state index in [1.54, 1.807) is 34.9 Å². The largest absolute Gasteiger partial charge is 0.442 e. The van der Waals surface area contributed by atoms with Crippen molar-refractivity contribution in [1.82, 2.24) is 5.32 Å². The molecule has 9 heteroatoms. The van der Waals surface area contributed by atoms with Crippen LogP contribution in [0, 0.1) is 13.8 Å². The van der Waals surface area contributed by atoms with Crippen LogP contribution >= 0.6 is 11.8 Å². The van der Waals surface area contributed by atoms with Crippen molar-refractivity contribution in [2.24, 2.45) is 0 Å². The first-order valence-electron chi connectivity index (χ1n) is 11.8. The zero-order valence-electron chi connectivity index (χ0n) is 20.0. The molecular formula is C26H30FN3O4S. The molecule has 2 aliphatic rings. The molecule has 0 saturated carbocycles. The number of cyclic esters (lactones) is 1. The van der Waals surface area contributed by atoms with Gasteiger partial charge in [0, 0.05) is 36.5 Å². The van der Waals surface area contributed by atoms with Crippen molar-refractivity contribution >= 4 is 40.9 Å². The summed E-state index contributed by atoms with van der Waals surface area (Å²) < 4.78 is 20.0. The first kappa shape index (κ1) is 25.0. The fraction of sp³-hybridized carbons (Fsp3) is 0.423. The van der Waals surface area contributed by atoms with E-state index in [2.05, 4.69) is 5.32 Å². The number of alkyl halides is 1. The summed E-state index contributed by atoms with van der Waals surface area (Å²) in [6.07, 6.45) is -2.01. The summed E-state index contributed by atoms with van der Waals surface area (Å²) in [6.45, 7) is 4.81. The van der Waals surface area contributed by atoms with Crippen molar-refractivity contribution in [1.29, 1.82) is 0 Å². The Hall–Kier alpha value is -3.07. The van der Waals surface area contributed by atoms with Crippen molar-refractivity contribution < 1.29 is 23.5 Å². The quantitative estimate of drug-likeness (QED) is 0.432. The summed E-state index contributed by atoms with van der Waals surface area (Å²) in [5, 5.41) is 2.76. The Bertz CT molecular complexity index is 1110. The highest BCUT2D eigenvalue weighted by molar-refractivity contribution is 7.99. The predicted octanol–water partition coefficient (Wildman–Crippen LogP) is 4.26. The van der Waals surface area contributed by atoms with Crippen LogP contribution in [-0.2, 0) is 9.53 Å². The number of Topliss-reactive ketones (excluding diaryl/α,β-unsaturated/α-hetero) is 1. The first-order chi connectivity index (χ1) is 16.8. The van der Waals surface area contributed by atoms with Gasteiger partial charge in [-0.05, 0) is 31.5 Å². The van der Waals surface area contributed by atoms with Crippen LogP contribution in [0.2, 0.25) is 0 Å². The third-order valence-electron chi connectivity index (χ3n) is 6.21. The molecule has 2 saturated heterocycles. The molecule has 2 amide bonds. The Balaban J connectivity index is 1.31. The molecule has 0 aromatic heterocycles. The van der Waals surface area contributed by atoms with Crippen molar-refractivity contribution in [3.63, 3.8) is 0 Å². The van der Waals surface area contributed by atoms with E-state index in [1.165, 1.54) is 4.90 Å². The number of benzene rings is 2. The van der Waals surface area contributed by atoms with E-state index in [-0.39, 0.29) is 37.6 Å². The Kier molecular flexibility index (Phi) is 7.95. The van der Waals surface area contributed by atoms with E-state index in [4.69, 9.17) is 4.74 Å². The fourth-order valence-corrected chi connectivity index (χ4v) is 5.28. The number of anilines is 2. The van der Waals surface area contributed by atoms with Gasteiger partial charge < -0.3 is 15.0 Å². The highest BCUT2D eigenvalue weighted by Crippen LogP contribution is 2.35. The fourth-order valence-electron chi connectivity index (χ4n) is 4.41. The van der Waals surface area contributed by atoms with Crippen LogP contribution in [0.1, 0.15) is 34.3 Å². The van der Waals surface area contributed by atoms with Gasteiger partial charge in [0.15, 0.2) is 12.1 Å². The molecule has 0 radical (unpaired) electrons. The van der Waals surface area contributed by atoms with Crippen LogP contribution in [-0.4, -0.2) is 61.3 Å². The average molecular weight is 500 g/mol. The number of ketones is 1. The number of halogens is 1. The van der Waals surface area contributed by atoms with E-state index in [1.807, 2.05) is 38.1 Å². The van der Waals surface area contributed by atoms with Gasteiger partial charge in [-0.3, -0.25) is 14.5 Å². The average Bonchev–Trinajstić information content (AvgIpc) is 3.22. The third kappa shape index (κ3) is 5.96. The molecule has 0 aliphatic carbocycles. The molecule has 7 nitrogen and oxygen atoms in total. The third-order valence-corrected chi connectivity index (χ3v) is 7.20. The van der Waals surface area contributed by atoms with Gasteiger partial charge >= 0.3 is 6.09 Å². The molecule has 2 aromatic rings. The van der Waals surface area contributed by atoms with E-state index in [0.717, 1.165) is 16.9 Å². The Morgan fingerprint density at radius 3 is 2.66 bits per heavy atom. The zero-order valence-corrected chi connectivity index (χ0v) is 20.8. The summed E-state index contributed by atoms with van der Waals surface area (Å²) in [7, 11) is 0. The molecule has 2 aromatic carbocycles. The Labute approximate surface area is 209 Å². The lowest BCUT2D eigenvalue weighted by molar-refractivity contribution is -0.121. The lowest BCUT2D eigenvalue weighted by Gasteiger charge is -2.34. The van der Waals surface area contributed by atoms with Crippen molar-refractivity contribution in [3.8, 4) is 0 Å². The molecule has 0 bridgehead atoms. The summed E-state index contributed by atoms with van der Waals surface area (Å²) in [5.41, 5.74) is 3.87. The van der Waals surface area contributed by atoms with Gasteiger partial charge in [0.25, 0.3) is 0 Å². The second-order valence-electron chi connectivity index (χ2n) is 8.85. The number of hydrogen-bond acceptors (Lipinski definition) is 6. The number of ether oxygens (including phenoxy) is 1. The van der Waals surface area contributed by atoms with Crippen LogP contribution in [0.5, 0.6) is 0 Å². The number of carbonyl (C=O) groups is 3. The van der Waals surface area contributed by atoms with Crippen LogP contribution < -0.4 is 15.1 Å². The lowest BCUT2D eigenvalue weighted by Crippen LogP contribution is -2.41. The van der Waals surface area contributed by atoms with Gasteiger partial charge in [0.2, 0.25) is 5.91 Å². The second kappa shape index (κ2) is 11.1. The molecule has 0 spiro atoms. The number of thioether (sulfide) groups is 1. The highest BCUT2D eigenvalue weighted by Gasteiger charge is 2.35. The number of aryl methyl sites for hydroxylation is 2. The number of carbonyl (C=O) groups excluding carboxylic acids is 3. The number of hydrogen-bond donors (Lipinski definition) is 1. The van der Waals surface area contributed by atoms with Gasteiger partial charge in [-0.15, -0.1) is 0 Å². The normalized spacial score (nSPS) is 20.0. The maximum Gasteiger partial charge on any atom is 0.414 e. The van der Waals surface area contributed by atoms with Gasteiger partial charge in [-0.2, -0.15) is 11.8 Å². The van der Waals surface area contributed by atoms with Gasteiger partial charge in [-0.1, -0.05) is 35.9 Å². The monoisotopic (exact) mass is 499 g/mol. The molecule has 1 unspecified atom stereocenters. The summed E-state index contributed by atoms with van der Waals surface area (Å²) in [4.78, 5) is 40.6. The van der Waals surface area contributed by atoms with E-state index in [9.17, 15) is 18.8 Å². The maximum atomic E-state index is 14.6. The molecule has 35 heavy (non-hydrogen) atoms. The smallest absolute Gasteiger partial charge is 0.414 e. The molecule has 2 heterocycles. The predicted molar refractivity (Wildman–Crippen MR) is 136 cm³/mol. The van der Waals surface area contributed by atoms with Gasteiger partial charge in [0.05, 0.1) is 24.5 Å². The van der Waals surface area contributed by atoms with Crippen LogP contribution in [0.4, 0.5) is 20.6 Å². The number of rotatable bonds is 8. The minimum absolute atomic E-state index is 0.0597. The van der Waals surface area contributed by atoms with Crippen LogP contribution in [0.25, 0.3) is 0 Å². The molecule has 186 valence electrons. The maximum absolute atomic E-state index is 14.6. The zero-order chi connectivity index (χ0) is 24.9. The minimum atomic E-state index is -1.12. The van der Waals surface area contributed by atoms with Crippen molar-refractivity contribution in [3.05, 3.63) is 59.2 Å². The molecule has 4 rings (SSSR count). The second-order valence-corrected chi connectivity index (χ2v) is 10.0. The number of nitrogens with one attached hydrogen (secondary N) is 1.